The van der Waals surface area contributed by atoms with Crippen LogP contribution in [-0.2, 0) is 0 Å². The third-order valence-corrected chi connectivity index (χ3v) is 11.7. The van der Waals surface area contributed by atoms with Crippen molar-refractivity contribution in [2.75, 3.05) is 0 Å². The maximum absolute atomic E-state index is 9.28. The SMILES string of the molecule is [2H]c1c([2H])c([2H])c(-c2cc(-c3ccccc3)ccc2-n2c3ccccc3c3ccc4c5ccccc5n(-c5nc(-c6ccccc6)nc(-c6ccc(-c7ccccc7)cc6)n5)c4c32)c([2H])c1[2H]. The fourth-order valence-electron chi connectivity index (χ4n) is 8.84. The van der Waals surface area contributed by atoms with E-state index in [9.17, 15) is 2.74 Å². The summed E-state index contributed by atoms with van der Waals surface area (Å²) in [4.78, 5) is 15.7. The van der Waals surface area contributed by atoms with Gasteiger partial charge in [-0.1, -0.05) is 200 Å². The highest BCUT2D eigenvalue weighted by molar-refractivity contribution is 6.24. The molecule has 12 rings (SSSR count). The molecule has 0 aliphatic carbocycles. The first-order chi connectivity index (χ1) is 32.8. The van der Waals surface area contributed by atoms with E-state index in [2.05, 4.69) is 81.9 Å². The van der Waals surface area contributed by atoms with Crippen LogP contribution in [-0.4, -0.2) is 24.1 Å². The van der Waals surface area contributed by atoms with Crippen molar-refractivity contribution in [2.45, 2.75) is 0 Å². The van der Waals surface area contributed by atoms with Gasteiger partial charge in [0.15, 0.2) is 11.6 Å². The molecule has 0 N–H and O–H groups in total. The van der Waals surface area contributed by atoms with E-state index in [0.717, 1.165) is 77.0 Å². The number of para-hydroxylation sites is 2. The molecule has 12 aromatic rings. The van der Waals surface area contributed by atoms with Crippen LogP contribution in [0.4, 0.5) is 0 Å². The van der Waals surface area contributed by atoms with E-state index in [1.807, 2.05) is 121 Å². The van der Waals surface area contributed by atoms with Crippen molar-refractivity contribution in [1.82, 2.24) is 24.1 Å². The van der Waals surface area contributed by atoms with Crippen LogP contribution in [0.5, 0.6) is 0 Å². The normalized spacial score (nSPS) is 12.7. The Morgan fingerprint density at radius 2 is 0.790 bits per heavy atom. The van der Waals surface area contributed by atoms with Crippen LogP contribution in [0.1, 0.15) is 6.85 Å². The van der Waals surface area contributed by atoms with Gasteiger partial charge in [0.25, 0.3) is 0 Å². The molecule has 0 aliphatic heterocycles. The summed E-state index contributed by atoms with van der Waals surface area (Å²) >= 11 is 0. The van der Waals surface area contributed by atoms with Crippen LogP contribution in [0.3, 0.4) is 0 Å². The standard InChI is InChI=1S/C57H37N5/c1-5-17-38(18-6-1)40-29-31-43(32-30-40)56-58-55(42-23-11-4-12-24-42)59-57(60-56)62-51-28-16-14-26-46(51)48-35-34-47-45-25-13-15-27-50(45)61(53(47)54(48)62)52-36-33-44(39-19-7-2-8-20-39)37-49(52)41-21-9-3-10-22-41/h1-37H/i3D,9D,10D,21D,22D. The highest BCUT2D eigenvalue weighted by atomic mass is 15.2. The van der Waals surface area contributed by atoms with Crippen molar-refractivity contribution >= 4 is 43.6 Å². The summed E-state index contributed by atoms with van der Waals surface area (Å²) in [5.74, 6) is 1.46. The van der Waals surface area contributed by atoms with Crippen LogP contribution in [0.2, 0.25) is 0 Å². The van der Waals surface area contributed by atoms with Crippen LogP contribution < -0.4 is 0 Å². The van der Waals surface area contributed by atoms with Crippen molar-refractivity contribution in [3.8, 4) is 67.8 Å². The van der Waals surface area contributed by atoms with Crippen LogP contribution in [0.25, 0.3) is 111 Å². The summed E-state index contributed by atoms with van der Waals surface area (Å²) in [5, 5.41) is 3.90. The van der Waals surface area contributed by atoms with Crippen LogP contribution in [0.15, 0.2) is 224 Å². The van der Waals surface area contributed by atoms with Crippen LogP contribution >= 0.6 is 0 Å². The van der Waals surface area contributed by atoms with Gasteiger partial charge in [-0.05, 0) is 52.1 Å². The minimum absolute atomic E-state index is 0.116. The third-order valence-electron chi connectivity index (χ3n) is 11.7. The summed E-state index contributed by atoms with van der Waals surface area (Å²) in [7, 11) is 0. The van der Waals surface area contributed by atoms with E-state index in [0.29, 0.717) is 28.8 Å². The van der Waals surface area contributed by atoms with E-state index in [4.69, 9.17) is 19.1 Å². The maximum atomic E-state index is 9.28. The molecule has 0 amide bonds. The van der Waals surface area contributed by atoms with Crippen molar-refractivity contribution in [3.05, 3.63) is 224 Å². The Hall–Kier alpha value is -8.41. The molecule has 0 aliphatic rings. The first-order valence-electron chi connectivity index (χ1n) is 23.0. The second-order valence-electron chi connectivity index (χ2n) is 15.3. The minimum atomic E-state index is -0.443. The van der Waals surface area contributed by atoms with E-state index < -0.39 is 18.1 Å². The lowest BCUT2D eigenvalue weighted by Crippen LogP contribution is -2.07. The minimum Gasteiger partial charge on any atom is -0.307 e. The lowest BCUT2D eigenvalue weighted by Gasteiger charge is -2.17. The van der Waals surface area contributed by atoms with E-state index >= 15 is 0 Å². The Morgan fingerprint density at radius 3 is 1.40 bits per heavy atom. The second-order valence-corrected chi connectivity index (χ2v) is 15.3. The molecule has 3 aromatic heterocycles. The first-order valence-corrected chi connectivity index (χ1v) is 20.5. The van der Waals surface area contributed by atoms with Gasteiger partial charge in [-0.2, -0.15) is 9.97 Å². The quantitative estimate of drug-likeness (QED) is 0.161. The molecule has 0 saturated carbocycles. The molecule has 0 fully saturated rings. The highest BCUT2D eigenvalue weighted by Crippen LogP contribution is 2.44. The molecule has 0 saturated heterocycles. The van der Waals surface area contributed by atoms with Gasteiger partial charge in [0.2, 0.25) is 5.95 Å². The first kappa shape index (κ1) is 30.6. The summed E-state index contributed by atoms with van der Waals surface area (Å²) in [6, 6.07) is 63.3. The number of fused-ring (bicyclic) bond motifs is 7. The molecule has 0 bridgehead atoms. The second kappa shape index (κ2) is 14.7. The lowest BCUT2D eigenvalue weighted by molar-refractivity contribution is 0.953. The lowest BCUT2D eigenvalue weighted by atomic mass is 9.97. The molecule has 0 radical (unpaired) electrons. The average molecular weight is 797 g/mol. The molecule has 290 valence electrons. The molecular weight excluding hydrogens is 755 g/mol. The van der Waals surface area contributed by atoms with Crippen molar-refractivity contribution in [1.29, 1.82) is 0 Å². The summed E-state index contributed by atoms with van der Waals surface area (Å²) in [6.07, 6.45) is 0. The van der Waals surface area contributed by atoms with E-state index in [1.165, 1.54) is 0 Å². The van der Waals surface area contributed by atoms with Crippen LogP contribution in [0, 0.1) is 0 Å². The zero-order valence-electron chi connectivity index (χ0n) is 38.2. The van der Waals surface area contributed by atoms with E-state index in [1.54, 1.807) is 0 Å². The molecule has 0 unspecified atom stereocenters. The number of rotatable bonds is 7. The molecule has 5 heteroatoms. The van der Waals surface area contributed by atoms with Gasteiger partial charge in [0.1, 0.15) is 0 Å². The van der Waals surface area contributed by atoms with Crippen molar-refractivity contribution in [3.63, 3.8) is 0 Å². The third kappa shape index (κ3) is 5.90. The van der Waals surface area contributed by atoms with Gasteiger partial charge in [0.05, 0.1) is 34.6 Å². The number of hydrogen-bond acceptors (Lipinski definition) is 3. The average Bonchev–Trinajstić information content (AvgIpc) is 3.91. The molecule has 0 atom stereocenters. The van der Waals surface area contributed by atoms with Crippen molar-refractivity contribution in [2.24, 2.45) is 0 Å². The monoisotopic (exact) mass is 796 g/mol. The van der Waals surface area contributed by atoms with Crippen molar-refractivity contribution < 1.29 is 6.85 Å². The summed E-state index contributed by atoms with van der Waals surface area (Å²) < 4.78 is 48.9. The van der Waals surface area contributed by atoms with Gasteiger partial charge < -0.3 is 4.57 Å². The number of benzene rings is 9. The highest BCUT2D eigenvalue weighted by Gasteiger charge is 2.24. The Labute approximate surface area is 365 Å². The smallest absolute Gasteiger partial charge is 0.238 e. The summed E-state index contributed by atoms with van der Waals surface area (Å²) in [5.41, 5.74) is 10.4. The molecule has 9 aromatic carbocycles. The predicted molar refractivity (Wildman–Crippen MR) is 256 cm³/mol. The van der Waals surface area contributed by atoms with E-state index in [-0.39, 0.29) is 17.6 Å². The molecule has 5 nitrogen and oxygen atoms in total. The molecule has 3 heterocycles. The molecule has 62 heavy (non-hydrogen) atoms. The number of hydrogen-bond donors (Lipinski definition) is 0. The molecule has 0 spiro atoms. The Bertz CT molecular complexity index is 3880. The fourth-order valence-corrected chi connectivity index (χ4v) is 8.84. The topological polar surface area (TPSA) is 48.5 Å². The van der Waals surface area contributed by atoms with Gasteiger partial charge in [-0.15, -0.1) is 0 Å². The Kier molecular flexibility index (Phi) is 7.25. The maximum Gasteiger partial charge on any atom is 0.238 e. The largest absolute Gasteiger partial charge is 0.307 e. The van der Waals surface area contributed by atoms with Gasteiger partial charge in [-0.25, -0.2) is 4.98 Å². The Morgan fingerprint density at radius 1 is 0.339 bits per heavy atom. The van der Waals surface area contributed by atoms with Gasteiger partial charge in [-0.3, -0.25) is 4.57 Å². The number of nitrogens with zero attached hydrogens (tertiary/aromatic N) is 5. The Balaban J connectivity index is 1.20. The van der Waals surface area contributed by atoms with Gasteiger partial charge in [0, 0.05) is 38.2 Å². The summed E-state index contributed by atoms with van der Waals surface area (Å²) in [6.45, 7) is 0. The zero-order chi connectivity index (χ0) is 45.3. The zero-order valence-corrected chi connectivity index (χ0v) is 33.2. The molecular formula is C57H37N5. The predicted octanol–water partition coefficient (Wildman–Crippen LogP) is 14.4. The fraction of sp³-hybridized carbons (Fsp3) is 0. The van der Waals surface area contributed by atoms with Gasteiger partial charge >= 0.3 is 0 Å². The number of aromatic nitrogens is 5.